The number of hydrogen-bond donors (Lipinski definition) is 0. The lowest BCUT2D eigenvalue weighted by Gasteiger charge is -2.11. The second-order valence-corrected chi connectivity index (χ2v) is 5.40. The molecule has 2 aromatic carbocycles. The highest BCUT2D eigenvalue weighted by molar-refractivity contribution is 6.43. The summed E-state index contributed by atoms with van der Waals surface area (Å²) in [5, 5.41) is 0.970. The number of rotatable bonds is 2. The molecule has 0 aliphatic rings. The Morgan fingerprint density at radius 1 is 0.947 bits per heavy atom. The first-order valence-corrected chi connectivity index (χ1v) is 6.64. The summed E-state index contributed by atoms with van der Waals surface area (Å²) < 4.78 is 0.489. The lowest BCUT2D eigenvalue weighted by Crippen LogP contribution is -2.12. The van der Waals surface area contributed by atoms with Crippen LogP contribution in [0.1, 0.15) is 10.4 Å². The SMILES string of the molecule is O=C(c1ccccc1-c1ccc(Cl)cc1Cl)N(Cl)Cl. The summed E-state index contributed by atoms with van der Waals surface area (Å²) in [6, 6.07) is 12.0. The van der Waals surface area contributed by atoms with Crippen molar-refractivity contribution < 1.29 is 4.79 Å². The van der Waals surface area contributed by atoms with Crippen LogP contribution in [-0.2, 0) is 0 Å². The molecule has 6 heteroatoms. The predicted molar refractivity (Wildman–Crippen MR) is 79.8 cm³/mol. The van der Waals surface area contributed by atoms with E-state index >= 15 is 0 Å². The van der Waals surface area contributed by atoms with Gasteiger partial charge in [-0.15, -0.1) is 0 Å². The summed E-state index contributed by atoms with van der Waals surface area (Å²) in [4.78, 5) is 11.9. The van der Waals surface area contributed by atoms with Gasteiger partial charge in [0.25, 0.3) is 5.91 Å². The fraction of sp³-hybridized carbons (Fsp3) is 0. The van der Waals surface area contributed by atoms with Crippen molar-refractivity contribution in [3.63, 3.8) is 0 Å². The highest BCUT2D eigenvalue weighted by Crippen LogP contribution is 2.33. The zero-order valence-corrected chi connectivity index (χ0v) is 12.4. The zero-order chi connectivity index (χ0) is 14.0. The summed E-state index contributed by atoms with van der Waals surface area (Å²) in [7, 11) is 0. The minimum absolute atomic E-state index is 0.358. The second kappa shape index (κ2) is 6.02. The van der Waals surface area contributed by atoms with Gasteiger partial charge in [0.15, 0.2) is 0 Å². The van der Waals surface area contributed by atoms with Crippen molar-refractivity contribution in [1.82, 2.24) is 3.94 Å². The number of carbonyl (C=O) groups excluding carboxylic acids is 1. The molecular formula is C13H7Cl4NO. The zero-order valence-electron chi connectivity index (χ0n) is 9.41. The van der Waals surface area contributed by atoms with Crippen LogP contribution in [0.3, 0.4) is 0 Å². The molecule has 0 spiro atoms. The van der Waals surface area contributed by atoms with Crippen LogP contribution < -0.4 is 0 Å². The van der Waals surface area contributed by atoms with E-state index in [2.05, 4.69) is 0 Å². The standard InChI is InChI=1S/C13H7Cl4NO/c14-8-5-6-10(12(15)7-8)9-3-1-2-4-11(9)13(19)18(16)17/h1-7H. The average molecular weight is 335 g/mol. The Bertz CT molecular complexity index is 628. The van der Waals surface area contributed by atoms with Crippen molar-refractivity contribution in [2.24, 2.45) is 0 Å². The molecule has 0 N–H and O–H groups in total. The van der Waals surface area contributed by atoms with Crippen molar-refractivity contribution in [1.29, 1.82) is 0 Å². The van der Waals surface area contributed by atoms with Gasteiger partial charge in [-0.3, -0.25) is 4.79 Å². The van der Waals surface area contributed by atoms with Crippen molar-refractivity contribution >= 4 is 52.7 Å². The first-order valence-electron chi connectivity index (χ1n) is 5.21. The van der Waals surface area contributed by atoms with Gasteiger partial charge in [-0.1, -0.05) is 47.5 Å². The Kier molecular flexibility index (Phi) is 4.58. The maximum absolute atomic E-state index is 11.9. The molecule has 2 rings (SSSR count). The van der Waals surface area contributed by atoms with E-state index in [0.717, 1.165) is 0 Å². The molecule has 0 aliphatic heterocycles. The highest BCUT2D eigenvalue weighted by Gasteiger charge is 2.18. The first-order chi connectivity index (χ1) is 9.00. The predicted octanol–water partition coefficient (Wildman–Crippen LogP) is 5.41. The molecule has 0 saturated heterocycles. The van der Waals surface area contributed by atoms with Gasteiger partial charge < -0.3 is 0 Å². The molecule has 0 fully saturated rings. The van der Waals surface area contributed by atoms with Crippen LogP contribution >= 0.6 is 46.8 Å². The van der Waals surface area contributed by atoms with Crippen LogP contribution in [0.5, 0.6) is 0 Å². The molecule has 2 aromatic rings. The number of amides is 1. The first kappa shape index (κ1) is 14.5. The molecular weight excluding hydrogens is 328 g/mol. The van der Waals surface area contributed by atoms with Gasteiger partial charge in [0.2, 0.25) is 0 Å². The molecule has 0 unspecified atom stereocenters. The molecule has 0 aromatic heterocycles. The lowest BCUT2D eigenvalue weighted by molar-refractivity contribution is 0.0924. The van der Waals surface area contributed by atoms with E-state index in [1.54, 1.807) is 42.5 Å². The van der Waals surface area contributed by atoms with E-state index in [-0.39, 0.29) is 0 Å². The molecule has 0 saturated carbocycles. The molecule has 19 heavy (non-hydrogen) atoms. The number of hydrogen-bond acceptors (Lipinski definition) is 1. The van der Waals surface area contributed by atoms with Gasteiger partial charge in [-0.2, -0.15) is 3.94 Å². The smallest absolute Gasteiger partial charge is 0.266 e. The molecule has 0 radical (unpaired) electrons. The minimum atomic E-state index is -0.523. The van der Waals surface area contributed by atoms with Gasteiger partial charge in [-0.05, 0) is 23.8 Å². The monoisotopic (exact) mass is 333 g/mol. The molecule has 2 nitrogen and oxygen atoms in total. The van der Waals surface area contributed by atoms with Gasteiger partial charge in [0, 0.05) is 44.7 Å². The van der Waals surface area contributed by atoms with Crippen LogP contribution in [0.25, 0.3) is 11.1 Å². The maximum atomic E-state index is 11.9. The Morgan fingerprint density at radius 3 is 2.26 bits per heavy atom. The van der Waals surface area contributed by atoms with Crippen molar-refractivity contribution in [3.05, 3.63) is 58.1 Å². The van der Waals surface area contributed by atoms with Crippen LogP contribution in [0, 0.1) is 0 Å². The van der Waals surface area contributed by atoms with E-state index in [0.29, 0.717) is 30.7 Å². The van der Waals surface area contributed by atoms with E-state index in [1.807, 2.05) is 0 Å². The number of halogens is 4. The Balaban J connectivity index is 2.59. The fourth-order valence-corrected chi connectivity index (χ4v) is 2.40. The van der Waals surface area contributed by atoms with Gasteiger partial charge >= 0.3 is 0 Å². The Hall–Kier alpha value is -0.930. The summed E-state index contributed by atoms with van der Waals surface area (Å²) in [5.74, 6) is -0.523. The molecule has 1 amide bonds. The van der Waals surface area contributed by atoms with Crippen LogP contribution in [-0.4, -0.2) is 9.85 Å². The normalized spacial score (nSPS) is 10.3. The molecule has 0 heterocycles. The van der Waals surface area contributed by atoms with Gasteiger partial charge in [0.05, 0.1) is 0 Å². The summed E-state index contributed by atoms with van der Waals surface area (Å²) >= 11 is 23.0. The number of nitrogens with zero attached hydrogens (tertiary/aromatic N) is 1. The van der Waals surface area contributed by atoms with Gasteiger partial charge in [0.1, 0.15) is 0 Å². The third kappa shape index (κ3) is 3.15. The molecule has 0 bridgehead atoms. The van der Waals surface area contributed by atoms with Crippen molar-refractivity contribution in [2.75, 3.05) is 0 Å². The summed E-state index contributed by atoms with van der Waals surface area (Å²) in [6.45, 7) is 0. The van der Waals surface area contributed by atoms with Crippen LogP contribution in [0.2, 0.25) is 10.0 Å². The molecule has 98 valence electrons. The van der Waals surface area contributed by atoms with Crippen LogP contribution in [0.15, 0.2) is 42.5 Å². The van der Waals surface area contributed by atoms with Crippen LogP contribution in [0.4, 0.5) is 0 Å². The lowest BCUT2D eigenvalue weighted by atomic mass is 9.99. The second-order valence-electron chi connectivity index (χ2n) is 3.71. The van der Waals surface area contributed by atoms with E-state index in [1.165, 1.54) is 0 Å². The highest BCUT2D eigenvalue weighted by atomic mass is 35.5. The molecule has 0 atom stereocenters. The third-order valence-electron chi connectivity index (χ3n) is 2.53. The quantitative estimate of drug-likeness (QED) is 0.672. The topological polar surface area (TPSA) is 20.3 Å². The molecule has 0 aliphatic carbocycles. The van der Waals surface area contributed by atoms with Crippen molar-refractivity contribution in [3.8, 4) is 11.1 Å². The van der Waals surface area contributed by atoms with Gasteiger partial charge in [-0.25, -0.2) is 0 Å². The fourth-order valence-electron chi connectivity index (χ4n) is 1.70. The minimum Gasteiger partial charge on any atom is -0.266 e. The van der Waals surface area contributed by atoms with E-state index in [9.17, 15) is 4.79 Å². The maximum Gasteiger partial charge on any atom is 0.283 e. The summed E-state index contributed by atoms with van der Waals surface area (Å²) in [6.07, 6.45) is 0. The van der Waals surface area contributed by atoms with E-state index in [4.69, 9.17) is 46.8 Å². The summed E-state index contributed by atoms with van der Waals surface area (Å²) in [5.41, 5.74) is 1.68. The third-order valence-corrected chi connectivity index (χ3v) is 3.39. The van der Waals surface area contributed by atoms with Crippen molar-refractivity contribution in [2.45, 2.75) is 0 Å². The number of benzene rings is 2. The largest absolute Gasteiger partial charge is 0.283 e. The Morgan fingerprint density at radius 2 is 1.63 bits per heavy atom. The number of carbonyl (C=O) groups is 1. The Labute approximate surface area is 130 Å². The van der Waals surface area contributed by atoms with E-state index < -0.39 is 5.91 Å². The average Bonchev–Trinajstić information content (AvgIpc) is 2.38.